The van der Waals surface area contributed by atoms with Crippen molar-refractivity contribution in [1.29, 1.82) is 0 Å². The quantitative estimate of drug-likeness (QED) is 0.814. The molecule has 0 bridgehead atoms. The first kappa shape index (κ1) is 13.7. The minimum atomic E-state index is -0.0298. The molecule has 1 unspecified atom stereocenters. The molecule has 0 radical (unpaired) electrons. The van der Waals surface area contributed by atoms with Gasteiger partial charge in [0.2, 0.25) is 0 Å². The Hall–Kier alpha value is -1.31. The molecule has 2 heteroatoms. The van der Waals surface area contributed by atoms with Crippen molar-refractivity contribution in [2.75, 3.05) is 0 Å². The minimum absolute atomic E-state index is 0.0298. The van der Waals surface area contributed by atoms with E-state index in [1.807, 2.05) is 19.1 Å². The van der Waals surface area contributed by atoms with Crippen LogP contribution in [0.4, 0.5) is 0 Å². The van der Waals surface area contributed by atoms with Gasteiger partial charge in [-0.3, -0.25) is 0 Å². The van der Waals surface area contributed by atoms with Crippen molar-refractivity contribution in [3.63, 3.8) is 0 Å². The third kappa shape index (κ3) is 2.61. The van der Waals surface area contributed by atoms with Crippen LogP contribution in [0, 0.1) is 0 Å². The first-order chi connectivity index (χ1) is 9.65. The third-order valence-corrected chi connectivity index (χ3v) is 4.61. The largest absolute Gasteiger partial charge is 0.324 e. The van der Waals surface area contributed by atoms with Gasteiger partial charge in [-0.2, -0.15) is 0 Å². The molecular weight excluding hydrogens is 266 g/mol. The maximum absolute atomic E-state index is 6.34. The molecule has 0 aliphatic heterocycles. The molecule has 1 aliphatic carbocycles. The van der Waals surface area contributed by atoms with E-state index in [2.05, 4.69) is 30.3 Å². The van der Waals surface area contributed by atoms with Crippen LogP contribution in [0.25, 0.3) is 11.1 Å². The number of rotatable bonds is 3. The molecule has 0 saturated heterocycles. The van der Waals surface area contributed by atoms with Crippen molar-refractivity contribution in [3.8, 4) is 11.1 Å². The van der Waals surface area contributed by atoms with Crippen LogP contribution < -0.4 is 5.73 Å². The highest BCUT2D eigenvalue weighted by Gasteiger charge is 2.19. The summed E-state index contributed by atoms with van der Waals surface area (Å²) in [7, 11) is 0. The van der Waals surface area contributed by atoms with Crippen molar-refractivity contribution < 1.29 is 0 Å². The number of hydrogen-bond acceptors (Lipinski definition) is 1. The fourth-order valence-corrected chi connectivity index (χ4v) is 3.14. The second kappa shape index (κ2) is 5.59. The fraction of sp³-hybridized carbons (Fsp3) is 0.333. The summed E-state index contributed by atoms with van der Waals surface area (Å²) in [5, 5.41) is 0.756. The Bertz CT molecular complexity index is 615. The van der Waals surface area contributed by atoms with E-state index in [1.165, 1.54) is 36.0 Å². The van der Waals surface area contributed by atoms with Gasteiger partial charge in [0.25, 0.3) is 0 Å². The number of benzene rings is 2. The van der Waals surface area contributed by atoms with Gasteiger partial charge >= 0.3 is 0 Å². The highest BCUT2D eigenvalue weighted by molar-refractivity contribution is 6.31. The molecule has 1 atom stereocenters. The molecule has 1 aliphatic rings. The van der Waals surface area contributed by atoms with Gasteiger partial charge in [-0.25, -0.2) is 0 Å². The van der Waals surface area contributed by atoms with Crippen LogP contribution in [0.5, 0.6) is 0 Å². The number of nitrogens with two attached hydrogens (primary N) is 1. The second-order valence-corrected chi connectivity index (χ2v) is 6.19. The summed E-state index contributed by atoms with van der Waals surface area (Å²) in [6, 6.07) is 15.0. The van der Waals surface area contributed by atoms with Gasteiger partial charge in [-0.1, -0.05) is 54.4 Å². The Morgan fingerprint density at radius 2 is 1.85 bits per heavy atom. The summed E-state index contributed by atoms with van der Waals surface area (Å²) < 4.78 is 0. The maximum Gasteiger partial charge on any atom is 0.0459 e. The molecule has 2 aromatic rings. The first-order valence-electron chi connectivity index (χ1n) is 7.30. The van der Waals surface area contributed by atoms with Crippen molar-refractivity contribution >= 4 is 11.6 Å². The fourth-order valence-electron chi connectivity index (χ4n) is 2.79. The predicted molar refractivity (Wildman–Crippen MR) is 86.1 cm³/mol. The Labute approximate surface area is 125 Å². The van der Waals surface area contributed by atoms with Gasteiger partial charge in [0.05, 0.1) is 0 Å². The molecule has 0 aromatic heterocycles. The molecule has 3 rings (SSSR count). The highest BCUT2D eigenvalue weighted by atomic mass is 35.5. The van der Waals surface area contributed by atoms with E-state index in [0.29, 0.717) is 0 Å². The summed E-state index contributed by atoms with van der Waals surface area (Å²) in [6.45, 7) is 1.96. The molecule has 104 valence electrons. The van der Waals surface area contributed by atoms with E-state index in [-0.39, 0.29) is 6.04 Å². The monoisotopic (exact) mass is 285 g/mol. The van der Waals surface area contributed by atoms with Crippen LogP contribution in [0.1, 0.15) is 49.3 Å². The summed E-state index contributed by atoms with van der Waals surface area (Å²) in [5.74, 6) is 0.758. The van der Waals surface area contributed by atoms with Gasteiger partial charge in [0.1, 0.15) is 0 Å². The lowest BCUT2D eigenvalue weighted by molar-refractivity contribution is 0.420. The number of halogens is 1. The Morgan fingerprint density at radius 1 is 1.10 bits per heavy atom. The van der Waals surface area contributed by atoms with Crippen LogP contribution >= 0.6 is 11.6 Å². The SMILES string of the molecule is CC(N)c1ccc(-c2cccc(C3CCC3)c2)cc1Cl. The van der Waals surface area contributed by atoms with Gasteiger partial charge in [-0.05, 0) is 54.0 Å². The van der Waals surface area contributed by atoms with Crippen LogP contribution in [0.2, 0.25) is 5.02 Å². The smallest absolute Gasteiger partial charge is 0.0459 e. The lowest BCUT2D eigenvalue weighted by atomic mass is 9.79. The Balaban J connectivity index is 1.94. The van der Waals surface area contributed by atoms with Gasteiger partial charge in [0.15, 0.2) is 0 Å². The molecule has 20 heavy (non-hydrogen) atoms. The van der Waals surface area contributed by atoms with E-state index in [4.69, 9.17) is 17.3 Å². The van der Waals surface area contributed by atoms with Crippen molar-refractivity contribution in [2.45, 2.75) is 38.1 Å². The zero-order chi connectivity index (χ0) is 14.1. The molecule has 0 heterocycles. The van der Waals surface area contributed by atoms with Crippen molar-refractivity contribution in [1.82, 2.24) is 0 Å². The van der Waals surface area contributed by atoms with Crippen LogP contribution in [0.15, 0.2) is 42.5 Å². The highest BCUT2D eigenvalue weighted by Crippen LogP contribution is 2.38. The molecule has 1 saturated carbocycles. The summed E-state index contributed by atoms with van der Waals surface area (Å²) in [6.07, 6.45) is 4.02. The third-order valence-electron chi connectivity index (χ3n) is 4.29. The molecule has 0 spiro atoms. The zero-order valence-electron chi connectivity index (χ0n) is 11.8. The van der Waals surface area contributed by atoms with E-state index >= 15 is 0 Å². The molecule has 1 fully saturated rings. The summed E-state index contributed by atoms with van der Waals surface area (Å²) >= 11 is 6.34. The summed E-state index contributed by atoms with van der Waals surface area (Å²) in [5.41, 5.74) is 10.8. The molecule has 2 aromatic carbocycles. The zero-order valence-corrected chi connectivity index (χ0v) is 12.5. The van der Waals surface area contributed by atoms with Gasteiger partial charge < -0.3 is 5.73 Å². The molecular formula is C18H20ClN. The Morgan fingerprint density at radius 3 is 2.45 bits per heavy atom. The van der Waals surface area contributed by atoms with Crippen LogP contribution in [-0.2, 0) is 0 Å². The Kier molecular flexibility index (Phi) is 3.82. The minimum Gasteiger partial charge on any atom is -0.324 e. The standard InChI is InChI=1S/C18H20ClN/c1-12(20)17-9-8-16(11-18(17)19)15-7-3-6-14(10-15)13-4-2-5-13/h3,6-13H,2,4-5,20H2,1H3. The first-order valence-corrected chi connectivity index (χ1v) is 7.68. The van der Waals surface area contributed by atoms with Crippen LogP contribution in [0.3, 0.4) is 0 Å². The van der Waals surface area contributed by atoms with E-state index in [1.54, 1.807) is 0 Å². The predicted octanol–water partition coefficient (Wildman–Crippen LogP) is 5.29. The molecule has 2 N–H and O–H groups in total. The van der Waals surface area contributed by atoms with E-state index in [9.17, 15) is 0 Å². The average molecular weight is 286 g/mol. The van der Waals surface area contributed by atoms with Crippen molar-refractivity contribution in [2.24, 2.45) is 5.73 Å². The second-order valence-electron chi connectivity index (χ2n) is 5.78. The van der Waals surface area contributed by atoms with Gasteiger partial charge in [0, 0.05) is 11.1 Å². The van der Waals surface area contributed by atoms with E-state index < -0.39 is 0 Å². The van der Waals surface area contributed by atoms with Gasteiger partial charge in [-0.15, -0.1) is 0 Å². The molecule has 1 nitrogen and oxygen atoms in total. The topological polar surface area (TPSA) is 26.0 Å². The molecule has 0 amide bonds. The van der Waals surface area contributed by atoms with E-state index in [0.717, 1.165) is 16.5 Å². The lowest BCUT2D eigenvalue weighted by Gasteiger charge is -2.26. The average Bonchev–Trinajstić information content (AvgIpc) is 2.36. The normalized spacial score (nSPS) is 16.8. The summed E-state index contributed by atoms with van der Waals surface area (Å²) in [4.78, 5) is 0. The number of hydrogen-bond donors (Lipinski definition) is 1. The maximum atomic E-state index is 6.34. The van der Waals surface area contributed by atoms with Crippen LogP contribution in [-0.4, -0.2) is 0 Å². The van der Waals surface area contributed by atoms with Crippen molar-refractivity contribution in [3.05, 3.63) is 58.6 Å². The lowest BCUT2D eigenvalue weighted by Crippen LogP contribution is -2.08.